The first kappa shape index (κ1) is 16.5. The van der Waals surface area contributed by atoms with Gasteiger partial charge >= 0.3 is 0 Å². The SMILES string of the molecule is O=C1CCCc2ccc(NC(=O)C3C4CCC3(c3cccnc3)C4)cc2N1. The molecule has 27 heavy (non-hydrogen) atoms. The maximum absolute atomic E-state index is 13.1. The van der Waals surface area contributed by atoms with Crippen molar-refractivity contribution in [2.45, 2.75) is 43.9 Å². The van der Waals surface area contributed by atoms with Crippen LogP contribution in [0.15, 0.2) is 42.7 Å². The van der Waals surface area contributed by atoms with E-state index in [0.717, 1.165) is 49.0 Å². The van der Waals surface area contributed by atoms with Crippen LogP contribution in [0.5, 0.6) is 0 Å². The first-order valence-electron chi connectivity index (χ1n) is 9.80. The zero-order chi connectivity index (χ0) is 18.4. The molecular formula is C22H23N3O2. The highest BCUT2D eigenvalue weighted by Crippen LogP contribution is 2.64. The second-order valence-electron chi connectivity index (χ2n) is 8.14. The van der Waals surface area contributed by atoms with Gasteiger partial charge in [0.2, 0.25) is 11.8 Å². The first-order valence-corrected chi connectivity index (χ1v) is 9.80. The van der Waals surface area contributed by atoms with Gasteiger partial charge in [-0.2, -0.15) is 0 Å². The van der Waals surface area contributed by atoms with E-state index < -0.39 is 0 Å². The van der Waals surface area contributed by atoms with Crippen molar-refractivity contribution in [2.24, 2.45) is 11.8 Å². The number of hydrogen-bond acceptors (Lipinski definition) is 3. The van der Waals surface area contributed by atoms with Gasteiger partial charge in [-0.25, -0.2) is 0 Å². The third kappa shape index (κ3) is 2.64. The van der Waals surface area contributed by atoms with E-state index in [2.05, 4.69) is 21.7 Å². The van der Waals surface area contributed by atoms with Crippen LogP contribution in [0.25, 0.3) is 0 Å². The predicted octanol–water partition coefficient (Wildman–Crippen LogP) is 3.66. The summed E-state index contributed by atoms with van der Waals surface area (Å²) < 4.78 is 0. The molecule has 2 bridgehead atoms. The number of rotatable bonds is 3. The van der Waals surface area contributed by atoms with Crippen LogP contribution in [0, 0.1) is 11.8 Å². The molecule has 2 N–H and O–H groups in total. The molecule has 3 unspecified atom stereocenters. The quantitative estimate of drug-likeness (QED) is 0.876. The Hall–Kier alpha value is -2.69. The van der Waals surface area contributed by atoms with Crippen molar-refractivity contribution in [3.8, 4) is 0 Å². The lowest BCUT2D eigenvalue weighted by Crippen LogP contribution is -2.50. The van der Waals surface area contributed by atoms with Gasteiger partial charge < -0.3 is 10.6 Å². The molecule has 0 saturated heterocycles. The Morgan fingerprint density at radius 2 is 2.19 bits per heavy atom. The third-order valence-corrected chi connectivity index (χ3v) is 6.67. The maximum Gasteiger partial charge on any atom is 0.228 e. The van der Waals surface area contributed by atoms with Gasteiger partial charge in [-0.1, -0.05) is 12.1 Å². The second-order valence-corrected chi connectivity index (χ2v) is 8.14. The summed E-state index contributed by atoms with van der Waals surface area (Å²) in [5, 5.41) is 6.07. The highest BCUT2D eigenvalue weighted by atomic mass is 16.2. The average Bonchev–Trinajstić information content (AvgIpc) is 3.20. The van der Waals surface area contributed by atoms with Crippen molar-refractivity contribution in [1.82, 2.24) is 4.98 Å². The van der Waals surface area contributed by atoms with Crippen molar-refractivity contribution in [2.75, 3.05) is 10.6 Å². The lowest BCUT2D eigenvalue weighted by molar-refractivity contribution is -0.127. The van der Waals surface area contributed by atoms with E-state index in [4.69, 9.17) is 0 Å². The van der Waals surface area contributed by atoms with Crippen LogP contribution in [0.3, 0.4) is 0 Å². The van der Waals surface area contributed by atoms with Crippen LogP contribution in [0.1, 0.15) is 43.2 Å². The highest BCUT2D eigenvalue weighted by Gasteiger charge is 2.62. The third-order valence-electron chi connectivity index (χ3n) is 6.67. The fourth-order valence-corrected chi connectivity index (χ4v) is 5.40. The molecule has 6 rings (SSSR count). The van der Waals surface area contributed by atoms with Gasteiger partial charge in [0.1, 0.15) is 0 Å². The number of aromatic nitrogens is 1. The average molecular weight is 361 g/mol. The molecule has 138 valence electrons. The zero-order valence-electron chi connectivity index (χ0n) is 15.2. The number of carbonyl (C=O) groups excluding carboxylic acids is 2. The van der Waals surface area contributed by atoms with Gasteiger partial charge in [0.25, 0.3) is 0 Å². The Morgan fingerprint density at radius 1 is 1.26 bits per heavy atom. The Labute approximate surface area is 158 Å². The van der Waals surface area contributed by atoms with E-state index in [1.54, 1.807) is 6.20 Å². The molecule has 1 aromatic carbocycles. The van der Waals surface area contributed by atoms with E-state index in [-0.39, 0.29) is 23.1 Å². The minimum atomic E-state index is -0.0527. The molecule has 5 nitrogen and oxygen atoms in total. The number of hydrogen-bond donors (Lipinski definition) is 2. The van der Waals surface area contributed by atoms with Gasteiger partial charge in [0.15, 0.2) is 0 Å². The Kier molecular flexibility index (Phi) is 3.78. The Balaban J connectivity index is 1.38. The summed E-state index contributed by atoms with van der Waals surface area (Å²) in [6.45, 7) is 0. The Bertz CT molecular complexity index is 907. The van der Waals surface area contributed by atoms with Crippen LogP contribution in [-0.2, 0) is 21.4 Å². The highest BCUT2D eigenvalue weighted by molar-refractivity contribution is 5.97. The fraction of sp³-hybridized carbons (Fsp3) is 0.409. The lowest BCUT2D eigenvalue weighted by atomic mass is 9.57. The number of anilines is 2. The van der Waals surface area contributed by atoms with Crippen molar-refractivity contribution in [3.05, 3.63) is 53.9 Å². The van der Waals surface area contributed by atoms with Gasteiger partial charge in [-0.15, -0.1) is 0 Å². The molecule has 5 heteroatoms. The number of pyridine rings is 1. The summed E-state index contributed by atoms with van der Waals surface area (Å²) in [5.74, 6) is 0.609. The molecule has 2 aromatic rings. The van der Waals surface area contributed by atoms with E-state index in [0.29, 0.717) is 12.3 Å². The van der Waals surface area contributed by atoms with Crippen LogP contribution in [0.2, 0.25) is 0 Å². The topological polar surface area (TPSA) is 71.1 Å². The monoisotopic (exact) mass is 361 g/mol. The summed E-state index contributed by atoms with van der Waals surface area (Å²) in [4.78, 5) is 29.2. The smallest absolute Gasteiger partial charge is 0.228 e. The number of benzene rings is 1. The molecule has 3 fully saturated rings. The molecule has 2 heterocycles. The van der Waals surface area contributed by atoms with Crippen molar-refractivity contribution >= 4 is 23.2 Å². The van der Waals surface area contributed by atoms with E-state index in [9.17, 15) is 9.59 Å². The van der Waals surface area contributed by atoms with E-state index in [1.165, 1.54) is 5.56 Å². The largest absolute Gasteiger partial charge is 0.326 e. The number of nitrogens with one attached hydrogen (secondary N) is 2. The molecule has 0 radical (unpaired) electrons. The number of amides is 2. The van der Waals surface area contributed by atoms with Crippen molar-refractivity contribution in [1.29, 1.82) is 0 Å². The second kappa shape index (κ2) is 6.19. The van der Waals surface area contributed by atoms with Crippen LogP contribution < -0.4 is 10.6 Å². The lowest BCUT2D eigenvalue weighted by Gasteiger charge is -2.46. The van der Waals surface area contributed by atoms with Crippen LogP contribution in [-0.4, -0.2) is 16.8 Å². The molecule has 1 aromatic heterocycles. The zero-order valence-corrected chi connectivity index (χ0v) is 15.2. The molecule has 3 aliphatic carbocycles. The first-order chi connectivity index (χ1) is 13.2. The van der Waals surface area contributed by atoms with Gasteiger partial charge in [-0.05, 0) is 67.3 Å². The standard InChI is InChI=1S/C22H23N3O2/c26-19-5-1-3-14-6-7-17(11-18(14)25-19)24-21(27)20-15-8-9-22(20,12-15)16-4-2-10-23-13-16/h2,4,6-7,10-11,13,15,20H,1,3,5,8-9,12H2,(H,24,27)(H,25,26). The number of nitrogens with zero attached hydrogens (tertiary/aromatic N) is 1. The molecule has 2 amide bonds. The Morgan fingerprint density at radius 3 is 3.00 bits per heavy atom. The summed E-state index contributed by atoms with van der Waals surface area (Å²) >= 11 is 0. The van der Waals surface area contributed by atoms with Gasteiger partial charge in [0.05, 0.1) is 5.92 Å². The molecule has 3 atom stereocenters. The fourth-order valence-electron chi connectivity index (χ4n) is 5.40. The van der Waals surface area contributed by atoms with Gasteiger partial charge in [-0.3, -0.25) is 14.6 Å². The summed E-state index contributed by atoms with van der Waals surface area (Å²) in [6, 6.07) is 9.93. The minimum absolute atomic E-state index is 0.00935. The van der Waals surface area contributed by atoms with Crippen LogP contribution in [0.4, 0.5) is 11.4 Å². The van der Waals surface area contributed by atoms with E-state index >= 15 is 0 Å². The van der Waals surface area contributed by atoms with Crippen LogP contribution >= 0.6 is 0 Å². The summed E-state index contributed by atoms with van der Waals surface area (Å²) in [7, 11) is 0. The number of fused-ring (bicyclic) bond motifs is 2. The predicted molar refractivity (Wildman–Crippen MR) is 103 cm³/mol. The van der Waals surface area contributed by atoms with E-state index in [1.807, 2.05) is 30.5 Å². The summed E-state index contributed by atoms with van der Waals surface area (Å²) in [6.07, 6.45) is 9.24. The minimum Gasteiger partial charge on any atom is -0.326 e. The van der Waals surface area contributed by atoms with Gasteiger partial charge in [0, 0.05) is 35.6 Å². The van der Waals surface area contributed by atoms with Crippen molar-refractivity contribution in [3.63, 3.8) is 0 Å². The molecule has 1 aliphatic heterocycles. The molecule has 4 aliphatic rings. The number of carbonyl (C=O) groups is 2. The van der Waals surface area contributed by atoms with Crippen molar-refractivity contribution < 1.29 is 9.59 Å². The normalized spacial score (nSPS) is 28.5. The molecular weight excluding hydrogens is 338 g/mol. The summed E-state index contributed by atoms with van der Waals surface area (Å²) in [5.41, 5.74) is 3.85. The maximum atomic E-state index is 13.1. The number of aryl methyl sites for hydroxylation is 1. The molecule has 3 saturated carbocycles. The molecule has 0 spiro atoms.